The highest BCUT2D eigenvalue weighted by Gasteiger charge is 2.29. The standard InChI is InChI=1S/C19H27N3OS/c1-11(2)7-14-5-6-15-16(20)17(24-18(15)21-14)19(23)22-9-12(3)8-13(4)10-22/h5-6,11-13H,7-10,20H2,1-4H3. The van der Waals surface area contributed by atoms with E-state index in [1.165, 1.54) is 17.8 Å². The summed E-state index contributed by atoms with van der Waals surface area (Å²) in [6.07, 6.45) is 2.13. The minimum absolute atomic E-state index is 0.0688. The Balaban J connectivity index is 1.91. The number of carbonyl (C=O) groups is 1. The van der Waals surface area contributed by atoms with Crippen molar-refractivity contribution in [2.24, 2.45) is 17.8 Å². The number of nitrogen functional groups attached to an aromatic ring is 1. The van der Waals surface area contributed by atoms with Crippen molar-refractivity contribution in [2.45, 2.75) is 40.5 Å². The van der Waals surface area contributed by atoms with Crippen LogP contribution in [0.2, 0.25) is 0 Å². The molecule has 1 amide bonds. The summed E-state index contributed by atoms with van der Waals surface area (Å²) < 4.78 is 0. The maximum atomic E-state index is 13.0. The third-order valence-electron chi connectivity index (χ3n) is 4.62. The number of carbonyl (C=O) groups excluding carboxylic acids is 1. The van der Waals surface area contributed by atoms with E-state index in [0.29, 0.717) is 28.3 Å². The maximum Gasteiger partial charge on any atom is 0.266 e. The molecule has 0 radical (unpaired) electrons. The molecule has 0 aliphatic carbocycles. The van der Waals surface area contributed by atoms with Gasteiger partial charge in [0.1, 0.15) is 9.71 Å². The zero-order valence-electron chi connectivity index (χ0n) is 15.0. The van der Waals surface area contributed by atoms with Crippen molar-refractivity contribution in [1.29, 1.82) is 0 Å². The topological polar surface area (TPSA) is 59.2 Å². The van der Waals surface area contributed by atoms with Gasteiger partial charge in [-0.1, -0.05) is 27.7 Å². The fourth-order valence-corrected chi connectivity index (χ4v) is 4.78. The number of amides is 1. The molecule has 0 spiro atoms. The van der Waals surface area contributed by atoms with E-state index in [1.807, 2.05) is 17.0 Å². The fourth-order valence-electron chi connectivity index (χ4n) is 3.70. The van der Waals surface area contributed by atoms with Gasteiger partial charge in [0, 0.05) is 24.2 Å². The number of anilines is 1. The van der Waals surface area contributed by atoms with Crippen LogP contribution in [0.15, 0.2) is 12.1 Å². The molecule has 1 saturated heterocycles. The number of nitrogens with zero attached hydrogens (tertiary/aromatic N) is 2. The maximum absolute atomic E-state index is 13.0. The molecule has 2 atom stereocenters. The van der Waals surface area contributed by atoms with Crippen molar-refractivity contribution in [3.63, 3.8) is 0 Å². The van der Waals surface area contributed by atoms with Crippen molar-refractivity contribution in [3.05, 3.63) is 22.7 Å². The number of pyridine rings is 1. The molecule has 2 aromatic rings. The summed E-state index contributed by atoms with van der Waals surface area (Å²) in [5.41, 5.74) is 7.95. The molecule has 0 saturated carbocycles. The second-order valence-electron chi connectivity index (χ2n) is 7.75. The Hall–Kier alpha value is -1.62. The molecule has 5 heteroatoms. The third kappa shape index (κ3) is 3.41. The van der Waals surface area contributed by atoms with Crippen LogP contribution >= 0.6 is 11.3 Å². The smallest absolute Gasteiger partial charge is 0.266 e. The average molecular weight is 346 g/mol. The largest absolute Gasteiger partial charge is 0.397 e. The van der Waals surface area contributed by atoms with Gasteiger partial charge in [-0.05, 0) is 42.7 Å². The Kier molecular flexibility index (Phi) is 4.81. The molecule has 2 N–H and O–H groups in total. The molecule has 1 fully saturated rings. The van der Waals surface area contributed by atoms with Gasteiger partial charge >= 0.3 is 0 Å². The van der Waals surface area contributed by atoms with Crippen LogP contribution in [0.3, 0.4) is 0 Å². The molecule has 24 heavy (non-hydrogen) atoms. The Morgan fingerprint density at radius 2 is 2.00 bits per heavy atom. The number of aromatic nitrogens is 1. The summed E-state index contributed by atoms with van der Waals surface area (Å²) >= 11 is 1.44. The quantitative estimate of drug-likeness (QED) is 0.907. The number of thiophene rings is 1. The summed E-state index contributed by atoms with van der Waals surface area (Å²) in [5.74, 6) is 1.72. The predicted octanol–water partition coefficient (Wildman–Crippen LogP) is 4.20. The molecule has 130 valence electrons. The Morgan fingerprint density at radius 1 is 1.33 bits per heavy atom. The molecule has 0 aromatic carbocycles. The first-order chi connectivity index (χ1) is 11.3. The molecule has 3 heterocycles. The highest BCUT2D eigenvalue weighted by molar-refractivity contribution is 7.21. The van der Waals surface area contributed by atoms with Crippen molar-refractivity contribution in [3.8, 4) is 0 Å². The van der Waals surface area contributed by atoms with E-state index >= 15 is 0 Å². The normalized spacial score (nSPS) is 21.6. The number of rotatable bonds is 3. The fraction of sp³-hybridized carbons (Fsp3) is 0.579. The number of piperidine rings is 1. The minimum Gasteiger partial charge on any atom is -0.397 e. The first-order valence-electron chi connectivity index (χ1n) is 8.82. The number of hydrogen-bond acceptors (Lipinski definition) is 4. The molecule has 4 nitrogen and oxygen atoms in total. The van der Waals surface area contributed by atoms with Crippen molar-refractivity contribution in [2.75, 3.05) is 18.8 Å². The monoisotopic (exact) mass is 345 g/mol. The molecule has 1 aliphatic heterocycles. The van der Waals surface area contributed by atoms with Crippen LogP contribution < -0.4 is 5.73 Å². The van der Waals surface area contributed by atoms with Crippen LogP contribution in [0.25, 0.3) is 10.2 Å². The van der Waals surface area contributed by atoms with E-state index < -0.39 is 0 Å². The lowest BCUT2D eigenvalue weighted by atomic mass is 9.92. The van der Waals surface area contributed by atoms with Gasteiger partial charge in [-0.15, -0.1) is 11.3 Å². The first kappa shape index (κ1) is 17.2. The van der Waals surface area contributed by atoms with E-state index in [1.54, 1.807) is 0 Å². The summed E-state index contributed by atoms with van der Waals surface area (Å²) in [7, 11) is 0. The van der Waals surface area contributed by atoms with E-state index in [9.17, 15) is 4.79 Å². The summed E-state index contributed by atoms with van der Waals surface area (Å²) in [5, 5.41) is 0.911. The Labute approximate surface area is 148 Å². The molecule has 0 bridgehead atoms. The molecule has 2 unspecified atom stereocenters. The van der Waals surface area contributed by atoms with E-state index in [-0.39, 0.29) is 5.91 Å². The van der Waals surface area contributed by atoms with Crippen molar-refractivity contribution >= 4 is 33.1 Å². The molecular weight excluding hydrogens is 318 g/mol. The lowest BCUT2D eigenvalue weighted by molar-refractivity contribution is 0.0629. The minimum atomic E-state index is 0.0688. The van der Waals surface area contributed by atoms with Gasteiger partial charge in [0.25, 0.3) is 5.91 Å². The van der Waals surface area contributed by atoms with Crippen LogP contribution in [0.1, 0.15) is 49.5 Å². The van der Waals surface area contributed by atoms with Crippen LogP contribution in [0.4, 0.5) is 5.69 Å². The zero-order chi connectivity index (χ0) is 17.4. The lowest BCUT2D eigenvalue weighted by Crippen LogP contribution is -2.42. The number of nitrogens with two attached hydrogens (primary N) is 1. The van der Waals surface area contributed by atoms with Gasteiger partial charge in [-0.2, -0.15) is 0 Å². The van der Waals surface area contributed by atoms with Gasteiger partial charge in [0.15, 0.2) is 0 Å². The van der Waals surface area contributed by atoms with E-state index in [2.05, 4.69) is 27.7 Å². The zero-order valence-corrected chi connectivity index (χ0v) is 15.8. The van der Waals surface area contributed by atoms with Gasteiger partial charge in [-0.3, -0.25) is 4.79 Å². The van der Waals surface area contributed by atoms with Gasteiger partial charge in [-0.25, -0.2) is 4.98 Å². The van der Waals surface area contributed by atoms with Crippen LogP contribution in [-0.2, 0) is 6.42 Å². The number of likely N-dealkylation sites (tertiary alicyclic amines) is 1. The summed E-state index contributed by atoms with van der Waals surface area (Å²) in [6, 6.07) is 4.05. The van der Waals surface area contributed by atoms with Gasteiger partial charge < -0.3 is 10.6 Å². The van der Waals surface area contributed by atoms with E-state index in [4.69, 9.17) is 10.7 Å². The average Bonchev–Trinajstić information content (AvgIpc) is 2.81. The second kappa shape index (κ2) is 6.71. The highest BCUT2D eigenvalue weighted by atomic mass is 32.1. The molecule has 2 aromatic heterocycles. The van der Waals surface area contributed by atoms with Crippen LogP contribution in [-0.4, -0.2) is 28.9 Å². The number of fused-ring (bicyclic) bond motifs is 1. The van der Waals surface area contributed by atoms with Crippen LogP contribution in [0, 0.1) is 17.8 Å². The Morgan fingerprint density at radius 3 is 2.62 bits per heavy atom. The summed E-state index contributed by atoms with van der Waals surface area (Å²) in [4.78, 5) is 21.2. The first-order valence-corrected chi connectivity index (χ1v) is 9.64. The van der Waals surface area contributed by atoms with Gasteiger partial charge in [0.2, 0.25) is 0 Å². The Bertz CT molecular complexity index is 742. The number of hydrogen-bond donors (Lipinski definition) is 1. The molecular formula is C19H27N3OS. The van der Waals surface area contributed by atoms with E-state index in [0.717, 1.165) is 35.4 Å². The SMILES string of the molecule is CC(C)Cc1ccc2c(N)c(C(=O)N3CC(C)CC(C)C3)sc2n1. The van der Waals surface area contributed by atoms with Gasteiger partial charge in [0.05, 0.1) is 5.69 Å². The highest BCUT2D eigenvalue weighted by Crippen LogP contribution is 2.35. The lowest BCUT2D eigenvalue weighted by Gasteiger charge is -2.34. The predicted molar refractivity (Wildman–Crippen MR) is 101 cm³/mol. The second-order valence-corrected chi connectivity index (χ2v) is 8.75. The summed E-state index contributed by atoms with van der Waals surface area (Å²) in [6.45, 7) is 10.4. The van der Waals surface area contributed by atoms with Crippen molar-refractivity contribution < 1.29 is 4.79 Å². The third-order valence-corrected chi connectivity index (χ3v) is 5.72. The molecule has 3 rings (SSSR count). The van der Waals surface area contributed by atoms with Crippen molar-refractivity contribution in [1.82, 2.24) is 9.88 Å². The van der Waals surface area contributed by atoms with Crippen LogP contribution in [0.5, 0.6) is 0 Å². The molecule has 1 aliphatic rings.